The summed E-state index contributed by atoms with van der Waals surface area (Å²) in [6.45, 7) is 4.24. The Hall–Kier alpha value is -1.64. The predicted octanol–water partition coefficient (Wildman–Crippen LogP) is 4.57. The molecule has 2 N–H and O–H groups in total. The van der Waals surface area contributed by atoms with E-state index in [1.807, 2.05) is 0 Å². The number of aryl methyl sites for hydroxylation is 2. The largest absolute Gasteiger partial charge is 0.320 e. The lowest BCUT2D eigenvalue weighted by Gasteiger charge is -2.12. The zero-order valence-electron chi connectivity index (χ0n) is 11.2. The van der Waals surface area contributed by atoms with Crippen LogP contribution in [-0.4, -0.2) is 0 Å². The van der Waals surface area contributed by atoms with Crippen LogP contribution in [0.2, 0.25) is 0 Å². The Labute approximate surface area is 117 Å². The van der Waals surface area contributed by atoms with Gasteiger partial charge in [-0.05, 0) is 36.9 Å². The van der Waals surface area contributed by atoms with Crippen molar-refractivity contribution in [2.45, 2.75) is 19.9 Å². The maximum absolute atomic E-state index is 6.43. The average molecular weight is 267 g/mol. The first-order valence-corrected chi connectivity index (χ1v) is 7.27. The summed E-state index contributed by atoms with van der Waals surface area (Å²) >= 11 is 1.79. The summed E-state index contributed by atoms with van der Waals surface area (Å²) in [6.07, 6.45) is 0. The molecule has 1 aromatic heterocycles. The van der Waals surface area contributed by atoms with Gasteiger partial charge in [0.15, 0.2) is 0 Å². The van der Waals surface area contributed by atoms with Crippen molar-refractivity contribution in [3.05, 3.63) is 70.1 Å². The van der Waals surface area contributed by atoms with Crippen LogP contribution in [-0.2, 0) is 0 Å². The fourth-order valence-electron chi connectivity index (χ4n) is 2.51. The van der Waals surface area contributed by atoms with Crippen LogP contribution in [0.3, 0.4) is 0 Å². The van der Waals surface area contributed by atoms with Crippen LogP contribution in [0.4, 0.5) is 0 Å². The maximum atomic E-state index is 6.43. The third kappa shape index (κ3) is 2.42. The first kappa shape index (κ1) is 12.4. The number of rotatable bonds is 2. The zero-order chi connectivity index (χ0) is 13.4. The second-order valence-electron chi connectivity index (χ2n) is 5.09. The molecule has 0 amide bonds. The van der Waals surface area contributed by atoms with Gasteiger partial charge in [-0.2, -0.15) is 0 Å². The summed E-state index contributed by atoms with van der Waals surface area (Å²) < 4.78 is 1.30. The lowest BCUT2D eigenvalue weighted by Crippen LogP contribution is -2.10. The molecule has 3 aromatic rings. The lowest BCUT2D eigenvalue weighted by molar-refractivity contribution is 0.890. The number of hydrogen-bond acceptors (Lipinski definition) is 2. The van der Waals surface area contributed by atoms with Crippen LogP contribution in [0.25, 0.3) is 10.1 Å². The highest BCUT2D eigenvalue weighted by Crippen LogP contribution is 2.32. The van der Waals surface area contributed by atoms with Gasteiger partial charge in [0.05, 0.1) is 6.04 Å². The van der Waals surface area contributed by atoms with E-state index in [9.17, 15) is 0 Å². The molecule has 0 aliphatic rings. The monoisotopic (exact) mass is 267 g/mol. The molecule has 2 aromatic carbocycles. The Kier molecular flexibility index (Phi) is 3.13. The van der Waals surface area contributed by atoms with E-state index in [0.717, 1.165) is 0 Å². The molecule has 1 atom stereocenters. The molecule has 0 saturated heterocycles. The molecule has 1 nitrogen and oxygen atoms in total. The quantitative estimate of drug-likeness (QED) is 0.723. The van der Waals surface area contributed by atoms with Crippen LogP contribution in [0.5, 0.6) is 0 Å². The van der Waals surface area contributed by atoms with E-state index in [-0.39, 0.29) is 6.04 Å². The summed E-state index contributed by atoms with van der Waals surface area (Å²) in [6, 6.07) is 17.2. The number of nitrogens with two attached hydrogens (primary N) is 1. The minimum Gasteiger partial charge on any atom is -0.320 e. The lowest BCUT2D eigenvalue weighted by atomic mass is 10.0. The average Bonchev–Trinajstić information content (AvgIpc) is 2.80. The summed E-state index contributed by atoms with van der Waals surface area (Å²) in [5, 5.41) is 1.28. The van der Waals surface area contributed by atoms with Gasteiger partial charge in [0.25, 0.3) is 0 Å². The molecule has 0 spiro atoms. The summed E-state index contributed by atoms with van der Waals surface area (Å²) in [4.78, 5) is 1.23. The predicted molar refractivity (Wildman–Crippen MR) is 83.8 cm³/mol. The van der Waals surface area contributed by atoms with E-state index in [0.29, 0.717) is 0 Å². The van der Waals surface area contributed by atoms with Crippen molar-refractivity contribution >= 4 is 21.4 Å². The maximum Gasteiger partial charge on any atom is 0.0646 e. The van der Waals surface area contributed by atoms with E-state index in [1.54, 1.807) is 11.3 Å². The third-order valence-electron chi connectivity index (χ3n) is 3.35. The first-order valence-electron chi connectivity index (χ1n) is 6.46. The second kappa shape index (κ2) is 4.80. The van der Waals surface area contributed by atoms with E-state index in [1.165, 1.54) is 31.7 Å². The molecule has 1 unspecified atom stereocenters. The Morgan fingerprint density at radius 3 is 2.32 bits per heavy atom. The standard InChI is InChI=1S/C17H17NS/c1-11-7-12(2)9-14(8-11)17(18)16-10-13-5-3-4-6-15(13)19-16/h3-10,17H,18H2,1-2H3. The molecule has 1 heterocycles. The van der Waals surface area contributed by atoms with Crippen LogP contribution < -0.4 is 5.73 Å². The van der Waals surface area contributed by atoms with Gasteiger partial charge < -0.3 is 5.73 Å². The topological polar surface area (TPSA) is 26.0 Å². The van der Waals surface area contributed by atoms with Crippen molar-refractivity contribution in [1.29, 1.82) is 0 Å². The Balaban J connectivity index is 2.05. The highest BCUT2D eigenvalue weighted by molar-refractivity contribution is 7.19. The van der Waals surface area contributed by atoms with Crippen LogP contribution in [0, 0.1) is 13.8 Å². The molecule has 0 radical (unpaired) electrons. The van der Waals surface area contributed by atoms with Crippen LogP contribution >= 0.6 is 11.3 Å². The molecule has 0 bridgehead atoms. The molecule has 0 fully saturated rings. The van der Waals surface area contributed by atoms with Gasteiger partial charge in [0, 0.05) is 9.58 Å². The van der Waals surface area contributed by atoms with E-state index < -0.39 is 0 Å². The highest BCUT2D eigenvalue weighted by Gasteiger charge is 2.12. The minimum atomic E-state index is -0.0315. The van der Waals surface area contributed by atoms with Crippen molar-refractivity contribution in [2.24, 2.45) is 5.73 Å². The number of hydrogen-bond donors (Lipinski definition) is 1. The van der Waals surface area contributed by atoms with Gasteiger partial charge >= 0.3 is 0 Å². The molecule has 0 aliphatic carbocycles. The first-order chi connectivity index (χ1) is 9.13. The van der Waals surface area contributed by atoms with E-state index >= 15 is 0 Å². The molecule has 96 valence electrons. The molecule has 0 saturated carbocycles. The van der Waals surface area contributed by atoms with Gasteiger partial charge in [0.1, 0.15) is 0 Å². The van der Waals surface area contributed by atoms with Gasteiger partial charge in [-0.3, -0.25) is 0 Å². The van der Waals surface area contributed by atoms with Gasteiger partial charge in [0.2, 0.25) is 0 Å². The minimum absolute atomic E-state index is 0.0315. The van der Waals surface area contributed by atoms with Crippen molar-refractivity contribution < 1.29 is 0 Å². The molecule has 3 rings (SSSR count). The van der Waals surface area contributed by atoms with E-state index in [4.69, 9.17) is 5.73 Å². The number of thiophene rings is 1. The smallest absolute Gasteiger partial charge is 0.0646 e. The van der Waals surface area contributed by atoms with Crippen molar-refractivity contribution in [1.82, 2.24) is 0 Å². The fourth-order valence-corrected chi connectivity index (χ4v) is 3.60. The zero-order valence-corrected chi connectivity index (χ0v) is 12.0. The molecular formula is C17H17NS. The van der Waals surface area contributed by atoms with Crippen LogP contribution in [0.1, 0.15) is 27.6 Å². The normalized spacial score (nSPS) is 12.8. The molecule has 19 heavy (non-hydrogen) atoms. The second-order valence-corrected chi connectivity index (χ2v) is 6.20. The molecular weight excluding hydrogens is 250 g/mol. The SMILES string of the molecule is Cc1cc(C)cc(C(N)c2cc3ccccc3s2)c1. The Morgan fingerprint density at radius 2 is 1.63 bits per heavy atom. The van der Waals surface area contributed by atoms with Crippen molar-refractivity contribution in [2.75, 3.05) is 0 Å². The third-order valence-corrected chi connectivity index (χ3v) is 4.55. The summed E-state index contributed by atoms with van der Waals surface area (Å²) in [5.74, 6) is 0. The summed E-state index contributed by atoms with van der Waals surface area (Å²) in [5.41, 5.74) is 10.2. The fraction of sp³-hybridized carbons (Fsp3) is 0.176. The van der Waals surface area contributed by atoms with Crippen molar-refractivity contribution in [3.8, 4) is 0 Å². The van der Waals surface area contributed by atoms with Crippen molar-refractivity contribution in [3.63, 3.8) is 0 Å². The number of fused-ring (bicyclic) bond motifs is 1. The van der Waals surface area contributed by atoms with Gasteiger partial charge in [-0.15, -0.1) is 11.3 Å². The number of benzene rings is 2. The summed E-state index contributed by atoms with van der Waals surface area (Å²) in [7, 11) is 0. The highest BCUT2D eigenvalue weighted by atomic mass is 32.1. The van der Waals surface area contributed by atoms with E-state index in [2.05, 4.69) is 62.4 Å². The Morgan fingerprint density at radius 1 is 0.947 bits per heavy atom. The Bertz CT molecular complexity index is 674. The molecule has 0 aliphatic heterocycles. The van der Waals surface area contributed by atoms with Gasteiger partial charge in [-0.25, -0.2) is 0 Å². The van der Waals surface area contributed by atoms with Crippen LogP contribution in [0.15, 0.2) is 48.5 Å². The molecule has 2 heteroatoms. The van der Waals surface area contributed by atoms with Gasteiger partial charge in [-0.1, -0.05) is 47.5 Å².